The minimum absolute atomic E-state index is 0.116. The molecule has 130 valence electrons. The molecule has 0 radical (unpaired) electrons. The van der Waals surface area contributed by atoms with Crippen molar-refractivity contribution < 1.29 is 14.0 Å². The summed E-state index contributed by atoms with van der Waals surface area (Å²) in [5.74, 6) is -0.263. The van der Waals surface area contributed by atoms with Crippen LogP contribution in [0.5, 0.6) is 0 Å². The second-order valence-electron chi connectivity index (χ2n) is 6.85. The van der Waals surface area contributed by atoms with Crippen LogP contribution in [0.15, 0.2) is 48.5 Å². The summed E-state index contributed by atoms with van der Waals surface area (Å²) in [6.45, 7) is 6.03. The van der Waals surface area contributed by atoms with Crippen molar-refractivity contribution in [2.24, 2.45) is 0 Å². The van der Waals surface area contributed by atoms with E-state index >= 15 is 0 Å². The Kier molecular flexibility index (Phi) is 4.33. The maximum Gasteiger partial charge on any atom is 0.325 e. The highest BCUT2D eigenvalue weighted by molar-refractivity contribution is 6.07. The summed E-state index contributed by atoms with van der Waals surface area (Å²) in [4.78, 5) is 26.4. The molecule has 0 bridgehead atoms. The molecule has 0 aromatic heterocycles. The molecule has 25 heavy (non-hydrogen) atoms. The van der Waals surface area contributed by atoms with Crippen LogP contribution >= 0.6 is 0 Å². The summed E-state index contributed by atoms with van der Waals surface area (Å²) in [7, 11) is 0. The van der Waals surface area contributed by atoms with E-state index in [-0.39, 0.29) is 18.3 Å². The number of nitrogens with zero attached hydrogens (tertiary/aromatic N) is 1. The number of imide groups is 1. The van der Waals surface area contributed by atoms with Gasteiger partial charge in [-0.25, -0.2) is 9.18 Å². The van der Waals surface area contributed by atoms with Crippen LogP contribution in [-0.2, 0) is 16.9 Å². The molecule has 3 amide bonds. The number of hydrogen-bond donors (Lipinski definition) is 1. The van der Waals surface area contributed by atoms with E-state index in [0.717, 1.165) is 5.56 Å². The summed E-state index contributed by atoms with van der Waals surface area (Å²) in [5, 5.41) is 2.79. The zero-order valence-electron chi connectivity index (χ0n) is 14.5. The molecule has 5 heteroatoms. The Morgan fingerprint density at radius 2 is 1.64 bits per heavy atom. The first kappa shape index (κ1) is 17.1. The number of carbonyl (C=O) groups is 2. The zero-order valence-corrected chi connectivity index (χ0v) is 14.5. The van der Waals surface area contributed by atoms with Gasteiger partial charge in [0.05, 0.1) is 6.54 Å². The van der Waals surface area contributed by atoms with Crippen LogP contribution < -0.4 is 5.32 Å². The largest absolute Gasteiger partial charge is 0.325 e. The molecule has 0 spiro atoms. The predicted molar refractivity (Wildman–Crippen MR) is 93.4 cm³/mol. The Morgan fingerprint density at radius 1 is 1.04 bits per heavy atom. The van der Waals surface area contributed by atoms with Crippen molar-refractivity contribution in [2.45, 2.75) is 38.8 Å². The van der Waals surface area contributed by atoms with Gasteiger partial charge in [-0.1, -0.05) is 50.2 Å². The first-order chi connectivity index (χ1) is 11.8. The molecular weight excluding hydrogens is 319 g/mol. The Hall–Kier alpha value is -2.69. The van der Waals surface area contributed by atoms with E-state index in [1.54, 1.807) is 19.1 Å². The van der Waals surface area contributed by atoms with E-state index < -0.39 is 11.6 Å². The van der Waals surface area contributed by atoms with Crippen LogP contribution in [0.3, 0.4) is 0 Å². The van der Waals surface area contributed by atoms with Crippen molar-refractivity contribution in [1.29, 1.82) is 0 Å². The third-order valence-corrected chi connectivity index (χ3v) is 4.68. The Morgan fingerprint density at radius 3 is 2.20 bits per heavy atom. The lowest BCUT2D eigenvalue weighted by atomic mass is 9.90. The van der Waals surface area contributed by atoms with Crippen molar-refractivity contribution in [1.82, 2.24) is 10.2 Å². The molecular formula is C20H21FN2O2. The standard InChI is InChI=1S/C20H21FN2O2/c1-13(2)15-6-8-16(9-7-15)20(3)18(24)23(19(25)22-20)12-14-4-10-17(21)11-5-14/h4-11,13H,12H2,1-3H3,(H,22,25). The number of benzene rings is 2. The van der Waals surface area contributed by atoms with Gasteiger partial charge in [0.1, 0.15) is 11.4 Å². The van der Waals surface area contributed by atoms with Crippen LogP contribution in [0.25, 0.3) is 0 Å². The van der Waals surface area contributed by atoms with Crippen LogP contribution in [0.4, 0.5) is 9.18 Å². The third kappa shape index (κ3) is 3.14. The van der Waals surface area contributed by atoms with Crippen molar-refractivity contribution in [2.75, 3.05) is 0 Å². The number of amides is 3. The molecule has 0 saturated carbocycles. The summed E-state index contributed by atoms with van der Waals surface area (Å²) < 4.78 is 13.0. The molecule has 1 unspecified atom stereocenters. The van der Waals surface area contributed by atoms with Gasteiger partial charge in [-0.2, -0.15) is 0 Å². The Balaban J connectivity index is 1.85. The van der Waals surface area contributed by atoms with Crippen molar-refractivity contribution in [3.8, 4) is 0 Å². The van der Waals surface area contributed by atoms with Gasteiger partial charge in [0.2, 0.25) is 0 Å². The summed E-state index contributed by atoms with van der Waals surface area (Å²) >= 11 is 0. The van der Waals surface area contributed by atoms with E-state index in [9.17, 15) is 14.0 Å². The van der Waals surface area contributed by atoms with Crippen molar-refractivity contribution >= 4 is 11.9 Å². The van der Waals surface area contributed by atoms with Crippen LogP contribution in [0, 0.1) is 5.82 Å². The molecule has 0 aliphatic carbocycles. The van der Waals surface area contributed by atoms with E-state index in [1.165, 1.54) is 22.6 Å². The van der Waals surface area contributed by atoms with Gasteiger partial charge in [-0.3, -0.25) is 9.69 Å². The monoisotopic (exact) mass is 340 g/mol. The quantitative estimate of drug-likeness (QED) is 0.858. The Bertz CT molecular complexity index is 799. The van der Waals surface area contributed by atoms with Gasteiger partial charge in [-0.15, -0.1) is 0 Å². The number of nitrogens with one attached hydrogen (secondary N) is 1. The SMILES string of the molecule is CC(C)c1ccc(C2(C)NC(=O)N(Cc3ccc(F)cc3)C2=O)cc1. The normalized spacial score (nSPS) is 20.3. The van der Waals surface area contributed by atoms with Crippen LogP contribution in [-0.4, -0.2) is 16.8 Å². The highest BCUT2D eigenvalue weighted by atomic mass is 19.1. The van der Waals surface area contributed by atoms with Gasteiger partial charge in [0, 0.05) is 0 Å². The zero-order chi connectivity index (χ0) is 18.2. The summed E-state index contributed by atoms with van der Waals surface area (Å²) in [6, 6.07) is 13.1. The fraction of sp³-hybridized carbons (Fsp3) is 0.300. The van der Waals surface area contributed by atoms with Gasteiger partial charge in [0.25, 0.3) is 5.91 Å². The topological polar surface area (TPSA) is 49.4 Å². The summed E-state index contributed by atoms with van der Waals surface area (Å²) in [6.07, 6.45) is 0. The van der Waals surface area contributed by atoms with E-state index in [0.29, 0.717) is 11.5 Å². The maximum absolute atomic E-state index is 13.0. The first-order valence-corrected chi connectivity index (χ1v) is 8.30. The van der Waals surface area contributed by atoms with Crippen molar-refractivity contribution in [3.05, 3.63) is 71.0 Å². The molecule has 1 fully saturated rings. The average molecular weight is 340 g/mol. The molecule has 1 atom stereocenters. The maximum atomic E-state index is 13.0. The molecule has 2 aromatic rings. The van der Waals surface area contributed by atoms with Crippen LogP contribution in [0.1, 0.15) is 43.4 Å². The number of carbonyl (C=O) groups excluding carboxylic acids is 2. The Labute approximate surface area is 146 Å². The van der Waals surface area contributed by atoms with Gasteiger partial charge >= 0.3 is 6.03 Å². The fourth-order valence-electron chi connectivity index (χ4n) is 3.01. The molecule has 1 heterocycles. The van der Waals surface area contributed by atoms with Gasteiger partial charge < -0.3 is 5.32 Å². The third-order valence-electron chi connectivity index (χ3n) is 4.68. The molecule has 4 nitrogen and oxygen atoms in total. The first-order valence-electron chi connectivity index (χ1n) is 8.30. The highest BCUT2D eigenvalue weighted by Crippen LogP contribution is 2.30. The molecule has 1 aliphatic heterocycles. The van der Waals surface area contributed by atoms with E-state index in [2.05, 4.69) is 19.2 Å². The van der Waals surface area contributed by atoms with E-state index in [1.807, 2.05) is 24.3 Å². The number of hydrogen-bond acceptors (Lipinski definition) is 2. The highest BCUT2D eigenvalue weighted by Gasteiger charge is 2.48. The molecule has 1 N–H and O–H groups in total. The van der Waals surface area contributed by atoms with Crippen LogP contribution in [0.2, 0.25) is 0 Å². The molecule has 1 aliphatic rings. The number of urea groups is 1. The van der Waals surface area contributed by atoms with Gasteiger partial charge in [0.15, 0.2) is 0 Å². The van der Waals surface area contributed by atoms with Gasteiger partial charge in [-0.05, 0) is 41.7 Å². The predicted octanol–water partition coefficient (Wildman–Crippen LogP) is 3.92. The number of rotatable bonds is 4. The average Bonchev–Trinajstić information content (AvgIpc) is 2.81. The second-order valence-corrected chi connectivity index (χ2v) is 6.85. The molecule has 3 rings (SSSR count). The minimum Gasteiger partial charge on any atom is -0.319 e. The lowest BCUT2D eigenvalue weighted by Gasteiger charge is -2.23. The molecule has 1 saturated heterocycles. The fourth-order valence-corrected chi connectivity index (χ4v) is 3.01. The minimum atomic E-state index is -1.09. The lowest BCUT2D eigenvalue weighted by Crippen LogP contribution is -2.40. The second kappa shape index (κ2) is 6.31. The summed E-state index contributed by atoms with van der Waals surface area (Å²) in [5.41, 5.74) is 1.53. The van der Waals surface area contributed by atoms with Crippen molar-refractivity contribution in [3.63, 3.8) is 0 Å². The molecule has 2 aromatic carbocycles. The smallest absolute Gasteiger partial charge is 0.319 e. The van der Waals surface area contributed by atoms with E-state index in [4.69, 9.17) is 0 Å². The lowest BCUT2D eigenvalue weighted by molar-refractivity contribution is -0.131. The number of halogens is 1.